The topological polar surface area (TPSA) is 51.6 Å². The molecular weight excluding hydrogens is 508 g/mol. The standard InChI is InChI=1S/C32H19ClN4S/c33-32-36-29(28-24-13-7-8-14-27(24)38-31(28)37-32)22-15-17-23(18-16-22)30-34-25(20-9-3-1-4-10-20)19-26(35-30)21-11-5-2-6-12-21/h1-19H. The van der Waals surface area contributed by atoms with Crippen LogP contribution in [0.1, 0.15) is 0 Å². The van der Waals surface area contributed by atoms with E-state index in [1.54, 1.807) is 11.3 Å². The minimum Gasteiger partial charge on any atom is -0.228 e. The first-order valence-electron chi connectivity index (χ1n) is 12.2. The zero-order valence-electron chi connectivity index (χ0n) is 20.0. The number of halogens is 1. The average molecular weight is 527 g/mol. The van der Waals surface area contributed by atoms with Crippen LogP contribution in [0, 0.1) is 0 Å². The van der Waals surface area contributed by atoms with Crippen LogP contribution in [0.2, 0.25) is 5.28 Å². The maximum atomic E-state index is 6.34. The molecule has 0 atom stereocenters. The summed E-state index contributed by atoms with van der Waals surface area (Å²) in [5.41, 5.74) is 6.58. The third-order valence-corrected chi connectivity index (χ3v) is 7.73. The molecule has 0 fully saturated rings. The lowest BCUT2D eigenvalue weighted by atomic mass is 10.0. The first-order chi connectivity index (χ1) is 18.7. The molecule has 0 amide bonds. The Bertz CT molecular complexity index is 1860. The monoisotopic (exact) mass is 526 g/mol. The highest BCUT2D eigenvalue weighted by molar-refractivity contribution is 7.25. The molecule has 0 N–H and O–H groups in total. The molecule has 0 saturated carbocycles. The first kappa shape index (κ1) is 22.7. The van der Waals surface area contributed by atoms with Crippen LogP contribution in [-0.2, 0) is 0 Å². The van der Waals surface area contributed by atoms with E-state index in [0.717, 1.165) is 59.6 Å². The fourth-order valence-electron chi connectivity index (χ4n) is 4.67. The highest BCUT2D eigenvalue weighted by Crippen LogP contribution is 2.39. The third-order valence-electron chi connectivity index (χ3n) is 6.49. The zero-order chi connectivity index (χ0) is 25.5. The van der Waals surface area contributed by atoms with E-state index in [2.05, 4.69) is 58.5 Å². The van der Waals surface area contributed by atoms with Crippen LogP contribution < -0.4 is 0 Å². The number of benzene rings is 4. The van der Waals surface area contributed by atoms with E-state index in [-0.39, 0.29) is 5.28 Å². The van der Waals surface area contributed by atoms with Gasteiger partial charge in [0.15, 0.2) is 5.82 Å². The van der Waals surface area contributed by atoms with Gasteiger partial charge in [0.1, 0.15) is 4.83 Å². The number of thiophene rings is 1. The van der Waals surface area contributed by atoms with Gasteiger partial charge >= 0.3 is 0 Å². The van der Waals surface area contributed by atoms with Gasteiger partial charge in [0, 0.05) is 37.7 Å². The van der Waals surface area contributed by atoms with Crippen molar-refractivity contribution in [2.75, 3.05) is 0 Å². The summed E-state index contributed by atoms with van der Waals surface area (Å²) >= 11 is 7.97. The summed E-state index contributed by atoms with van der Waals surface area (Å²) in [5, 5.41) is 2.40. The predicted octanol–water partition coefficient (Wildman–Crippen LogP) is 8.96. The minimum atomic E-state index is 0.245. The molecule has 0 saturated heterocycles. The molecule has 3 aromatic heterocycles. The molecular formula is C32H19ClN4S. The molecule has 0 aliphatic rings. The third kappa shape index (κ3) is 4.12. The number of rotatable bonds is 4. The molecule has 6 heteroatoms. The van der Waals surface area contributed by atoms with Crippen molar-refractivity contribution in [1.82, 2.24) is 19.9 Å². The van der Waals surface area contributed by atoms with Crippen LogP contribution in [0.5, 0.6) is 0 Å². The number of fused-ring (bicyclic) bond motifs is 3. The Labute approximate surface area is 228 Å². The van der Waals surface area contributed by atoms with Crippen molar-refractivity contribution < 1.29 is 0 Å². The molecule has 180 valence electrons. The van der Waals surface area contributed by atoms with Gasteiger partial charge in [-0.3, -0.25) is 0 Å². The van der Waals surface area contributed by atoms with Crippen molar-refractivity contribution >= 4 is 43.2 Å². The molecule has 38 heavy (non-hydrogen) atoms. The molecule has 7 aromatic rings. The maximum absolute atomic E-state index is 6.34. The van der Waals surface area contributed by atoms with Crippen LogP contribution in [0.3, 0.4) is 0 Å². The quantitative estimate of drug-likeness (QED) is 0.215. The lowest BCUT2D eigenvalue weighted by Gasteiger charge is -2.10. The van der Waals surface area contributed by atoms with Crippen LogP contribution in [0.15, 0.2) is 115 Å². The van der Waals surface area contributed by atoms with E-state index in [4.69, 9.17) is 21.6 Å². The Morgan fingerprint density at radius 1 is 0.526 bits per heavy atom. The molecule has 0 unspecified atom stereocenters. The van der Waals surface area contributed by atoms with Gasteiger partial charge in [-0.2, -0.15) is 0 Å². The number of aromatic nitrogens is 4. The van der Waals surface area contributed by atoms with Crippen molar-refractivity contribution in [3.63, 3.8) is 0 Å². The normalized spacial score (nSPS) is 11.3. The van der Waals surface area contributed by atoms with Gasteiger partial charge in [0.25, 0.3) is 0 Å². The zero-order valence-corrected chi connectivity index (χ0v) is 21.6. The van der Waals surface area contributed by atoms with E-state index in [1.807, 2.05) is 66.7 Å². The highest BCUT2D eigenvalue weighted by atomic mass is 35.5. The van der Waals surface area contributed by atoms with E-state index < -0.39 is 0 Å². The first-order valence-corrected chi connectivity index (χ1v) is 13.4. The van der Waals surface area contributed by atoms with Gasteiger partial charge in [-0.1, -0.05) is 103 Å². The summed E-state index contributed by atoms with van der Waals surface area (Å²) in [6, 6.07) is 38.9. The van der Waals surface area contributed by atoms with Crippen molar-refractivity contribution in [3.8, 4) is 45.2 Å². The van der Waals surface area contributed by atoms with Gasteiger partial charge in [0.2, 0.25) is 5.28 Å². The molecule has 4 aromatic carbocycles. The number of nitrogens with zero attached hydrogens (tertiary/aromatic N) is 4. The minimum absolute atomic E-state index is 0.245. The van der Waals surface area contributed by atoms with E-state index in [9.17, 15) is 0 Å². The highest BCUT2D eigenvalue weighted by Gasteiger charge is 2.16. The van der Waals surface area contributed by atoms with E-state index >= 15 is 0 Å². The molecule has 0 aliphatic heterocycles. The van der Waals surface area contributed by atoms with Crippen molar-refractivity contribution in [2.45, 2.75) is 0 Å². The Kier molecular flexibility index (Phi) is 5.65. The van der Waals surface area contributed by atoms with Crippen LogP contribution in [-0.4, -0.2) is 19.9 Å². The Hall–Kier alpha value is -4.45. The number of hydrogen-bond acceptors (Lipinski definition) is 5. The second-order valence-electron chi connectivity index (χ2n) is 8.89. The van der Waals surface area contributed by atoms with Crippen molar-refractivity contribution in [2.24, 2.45) is 0 Å². The summed E-state index contributed by atoms with van der Waals surface area (Å²) in [6.45, 7) is 0. The summed E-state index contributed by atoms with van der Waals surface area (Å²) in [5.74, 6) is 0.670. The lowest BCUT2D eigenvalue weighted by molar-refractivity contribution is 1.18. The van der Waals surface area contributed by atoms with E-state index in [0.29, 0.717) is 5.82 Å². The van der Waals surface area contributed by atoms with Crippen LogP contribution >= 0.6 is 22.9 Å². The average Bonchev–Trinajstić information content (AvgIpc) is 3.36. The van der Waals surface area contributed by atoms with Gasteiger partial charge in [0.05, 0.1) is 17.1 Å². The fraction of sp³-hybridized carbons (Fsp3) is 0. The molecule has 7 rings (SSSR count). The van der Waals surface area contributed by atoms with Crippen LogP contribution in [0.4, 0.5) is 0 Å². The molecule has 0 aliphatic carbocycles. The Morgan fingerprint density at radius 2 is 1.11 bits per heavy atom. The van der Waals surface area contributed by atoms with Gasteiger partial charge in [-0.05, 0) is 23.7 Å². The molecule has 4 nitrogen and oxygen atoms in total. The smallest absolute Gasteiger partial charge is 0.224 e. The Balaban J connectivity index is 1.36. The fourth-order valence-corrected chi connectivity index (χ4v) is 5.97. The lowest BCUT2D eigenvalue weighted by Crippen LogP contribution is -1.96. The van der Waals surface area contributed by atoms with Gasteiger partial charge in [-0.15, -0.1) is 11.3 Å². The predicted molar refractivity (Wildman–Crippen MR) is 157 cm³/mol. The second kappa shape index (κ2) is 9.45. The van der Waals surface area contributed by atoms with Gasteiger partial charge < -0.3 is 0 Å². The molecule has 0 bridgehead atoms. The van der Waals surface area contributed by atoms with Gasteiger partial charge in [-0.25, -0.2) is 19.9 Å². The Morgan fingerprint density at radius 3 is 1.76 bits per heavy atom. The van der Waals surface area contributed by atoms with Crippen LogP contribution in [0.25, 0.3) is 65.5 Å². The van der Waals surface area contributed by atoms with E-state index in [1.165, 1.54) is 0 Å². The summed E-state index contributed by atoms with van der Waals surface area (Å²) in [6.07, 6.45) is 0. The summed E-state index contributed by atoms with van der Waals surface area (Å²) < 4.78 is 1.16. The number of hydrogen-bond donors (Lipinski definition) is 0. The second-order valence-corrected chi connectivity index (χ2v) is 10.3. The maximum Gasteiger partial charge on any atom is 0.224 e. The summed E-state index contributed by atoms with van der Waals surface area (Å²) in [7, 11) is 0. The SMILES string of the molecule is Clc1nc(-c2ccc(-c3nc(-c4ccccc4)cc(-c4ccccc4)n3)cc2)c2c(n1)sc1ccccc12. The molecule has 0 radical (unpaired) electrons. The molecule has 3 heterocycles. The molecule has 0 spiro atoms. The largest absolute Gasteiger partial charge is 0.228 e. The van der Waals surface area contributed by atoms with Crippen molar-refractivity contribution in [3.05, 3.63) is 121 Å². The summed E-state index contributed by atoms with van der Waals surface area (Å²) in [4.78, 5) is 19.9. The van der Waals surface area contributed by atoms with Crippen molar-refractivity contribution in [1.29, 1.82) is 0 Å².